The number of benzene rings is 2. The fourth-order valence-corrected chi connectivity index (χ4v) is 3.41. The summed E-state index contributed by atoms with van der Waals surface area (Å²) in [4.78, 5) is 16.5. The molecule has 1 amide bonds. The van der Waals surface area contributed by atoms with E-state index >= 15 is 0 Å². The Bertz CT molecular complexity index is 830. The van der Waals surface area contributed by atoms with E-state index in [-0.39, 0.29) is 5.91 Å². The zero-order chi connectivity index (χ0) is 20.6. The van der Waals surface area contributed by atoms with Crippen LogP contribution in [0.15, 0.2) is 54.6 Å². The average Bonchev–Trinajstić information content (AvgIpc) is 2.78. The molecule has 0 radical (unpaired) electrons. The van der Waals surface area contributed by atoms with Crippen molar-refractivity contribution < 1.29 is 19.4 Å². The molecule has 0 spiro atoms. The lowest BCUT2D eigenvalue weighted by Crippen LogP contribution is -2.49. The van der Waals surface area contributed by atoms with E-state index in [2.05, 4.69) is 4.90 Å². The number of amides is 1. The molecule has 1 N–H and O–H groups in total. The topological polar surface area (TPSA) is 62.2 Å². The van der Waals surface area contributed by atoms with Gasteiger partial charge in [0.25, 0.3) is 0 Å². The summed E-state index contributed by atoms with van der Waals surface area (Å²) in [7, 11) is 3.18. The molecule has 3 rings (SSSR count). The van der Waals surface area contributed by atoms with Gasteiger partial charge >= 0.3 is 0 Å². The molecule has 0 aromatic heterocycles. The Morgan fingerprint density at radius 2 is 1.72 bits per heavy atom. The lowest BCUT2D eigenvalue weighted by Gasteiger charge is -2.35. The van der Waals surface area contributed by atoms with Crippen LogP contribution in [0.3, 0.4) is 0 Å². The first-order valence-corrected chi connectivity index (χ1v) is 9.75. The summed E-state index contributed by atoms with van der Waals surface area (Å²) in [6.07, 6.45) is 2.87. The highest BCUT2D eigenvalue weighted by molar-refractivity contribution is 5.92. The number of rotatable bonds is 7. The van der Waals surface area contributed by atoms with Crippen molar-refractivity contribution >= 4 is 12.0 Å². The number of methoxy groups -OCH3 is 2. The van der Waals surface area contributed by atoms with Crippen LogP contribution < -0.4 is 9.47 Å². The molecule has 0 saturated carbocycles. The van der Waals surface area contributed by atoms with Gasteiger partial charge in [0.1, 0.15) is 0 Å². The van der Waals surface area contributed by atoms with Crippen LogP contribution in [-0.2, 0) is 4.79 Å². The number of carbonyl (C=O) groups is 1. The third-order valence-electron chi connectivity index (χ3n) is 5.13. The predicted molar refractivity (Wildman–Crippen MR) is 113 cm³/mol. The Balaban J connectivity index is 1.50. The minimum atomic E-state index is -0.511. The first kappa shape index (κ1) is 20.9. The minimum Gasteiger partial charge on any atom is -0.493 e. The maximum atomic E-state index is 12.5. The third-order valence-corrected chi connectivity index (χ3v) is 5.13. The maximum absolute atomic E-state index is 12.5. The molecule has 154 valence electrons. The van der Waals surface area contributed by atoms with Crippen LogP contribution in [0.1, 0.15) is 17.2 Å². The third kappa shape index (κ3) is 5.59. The molecule has 0 aliphatic carbocycles. The van der Waals surface area contributed by atoms with Gasteiger partial charge in [-0.3, -0.25) is 9.69 Å². The second kappa shape index (κ2) is 10.1. The molecule has 1 aliphatic rings. The highest BCUT2D eigenvalue weighted by Gasteiger charge is 2.21. The van der Waals surface area contributed by atoms with Crippen molar-refractivity contribution in [1.29, 1.82) is 0 Å². The fourth-order valence-electron chi connectivity index (χ4n) is 3.41. The first-order chi connectivity index (χ1) is 14.1. The summed E-state index contributed by atoms with van der Waals surface area (Å²) in [5.74, 6) is 1.28. The molecule has 6 nitrogen and oxygen atoms in total. The van der Waals surface area contributed by atoms with E-state index in [1.165, 1.54) is 0 Å². The van der Waals surface area contributed by atoms with Gasteiger partial charge in [-0.2, -0.15) is 0 Å². The summed E-state index contributed by atoms with van der Waals surface area (Å²) < 4.78 is 10.5. The largest absolute Gasteiger partial charge is 0.493 e. The molecule has 2 aromatic rings. The number of nitrogens with zero attached hydrogens (tertiary/aromatic N) is 2. The lowest BCUT2D eigenvalue weighted by atomic mass is 10.1. The fraction of sp³-hybridized carbons (Fsp3) is 0.348. The smallest absolute Gasteiger partial charge is 0.246 e. The monoisotopic (exact) mass is 396 g/mol. The zero-order valence-corrected chi connectivity index (χ0v) is 17.0. The Kier molecular flexibility index (Phi) is 7.27. The number of aliphatic hydroxyl groups is 1. The Morgan fingerprint density at radius 1 is 1.03 bits per heavy atom. The van der Waals surface area contributed by atoms with E-state index in [4.69, 9.17) is 9.47 Å². The molecular formula is C23H28N2O4. The van der Waals surface area contributed by atoms with Crippen LogP contribution >= 0.6 is 0 Å². The standard InChI is InChI=1S/C23H28N2O4/c1-28-21-10-8-18(16-22(21)29-2)9-11-23(27)25-14-12-24(13-15-25)17-20(26)19-6-4-3-5-7-19/h3-11,16,20,26H,12-15,17H2,1-2H3. The summed E-state index contributed by atoms with van der Waals surface area (Å²) in [5.41, 5.74) is 1.80. The number of piperazine rings is 1. The molecule has 1 heterocycles. The van der Waals surface area contributed by atoms with Gasteiger partial charge < -0.3 is 19.5 Å². The molecule has 0 bridgehead atoms. The SMILES string of the molecule is COc1ccc(C=CC(=O)N2CCN(CC(O)c3ccccc3)CC2)cc1OC. The summed E-state index contributed by atoms with van der Waals surface area (Å²) in [5, 5.41) is 10.4. The summed E-state index contributed by atoms with van der Waals surface area (Å²) >= 11 is 0. The van der Waals surface area contributed by atoms with Crippen molar-refractivity contribution in [3.05, 3.63) is 65.7 Å². The molecule has 2 aromatic carbocycles. The van der Waals surface area contributed by atoms with Crippen molar-refractivity contribution in [3.8, 4) is 11.5 Å². The Labute approximate surface area is 172 Å². The van der Waals surface area contributed by atoms with Gasteiger partial charge in [0.05, 0.1) is 20.3 Å². The van der Waals surface area contributed by atoms with Crippen molar-refractivity contribution in [2.45, 2.75) is 6.10 Å². The Hall–Kier alpha value is -2.83. The van der Waals surface area contributed by atoms with E-state index in [0.29, 0.717) is 31.1 Å². The number of ether oxygens (including phenoxy) is 2. The molecule has 1 fully saturated rings. The van der Waals surface area contributed by atoms with Crippen LogP contribution in [0.2, 0.25) is 0 Å². The highest BCUT2D eigenvalue weighted by Crippen LogP contribution is 2.28. The lowest BCUT2D eigenvalue weighted by molar-refractivity contribution is -0.127. The molecule has 1 unspecified atom stereocenters. The van der Waals surface area contributed by atoms with E-state index < -0.39 is 6.10 Å². The van der Waals surface area contributed by atoms with Gasteiger partial charge in [-0.1, -0.05) is 36.4 Å². The minimum absolute atomic E-state index is 0.0111. The summed E-state index contributed by atoms with van der Waals surface area (Å²) in [6.45, 7) is 3.38. The second-order valence-corrected chi connectivity index (χ2v) is 7.00. The van der Waals surface area contributed by atoms with Gasteiger partial charge in [0.15, 0.2) is 11.5 Å². The van der Waals surface area contributed by atoms with Crippen molar-refractivity contribution in [2.75, 3.05) is 46.9 Å². The molecule has 1 atom stereocenters. The Morgan fingerprint density at radius 3 is 2.38 bits per heavy atom. The van der Waals surface area contributed by atoms with Crippen molar-refractivity contribution in [2.24, 2.45) is 0 Å². The van der Waals surface area contributed by atoms with Crippen LogP contribution in [0, 0.1) is 0 Å². The number of carbonyl (C=O) groups excluding carboxylic acids is 1. The number of hydrogen-bond acceptors (Lipinski definition) is 5. The molecular weight excluding hydrogens is 368 g/mol. The van der Waals surface area contributed by atoms with E-state index in [9.17, 15) is 9.90 Å². The molecule has 6 heteroatoms. The number of β-amino-alcohol motifs (C(OH)–C–C–N with tert-alkyl or cyclic N) is 1. The molecule has 1 aliphatic heterocycles. The van der Waals surface area contributed by atoms with Crippen molar-refractivity contribution in [1.82, 2.24) is 9.80 Å². The van der Waals surface area contributed by atoms with Crippen molar-refractivity contribution in [3.63, 3.8) is 0 Å². The maximum Gasteiger partial charge on any atom is 0.246 e. The molecule has 1 saturated heterocycles. The van der Waals surface area contributed by atoms with Crippen LogP contribution in [0.5, 0.6) is 11.5 Å². The van der Waals surface area contributed by atoms with Crippen LogP contribution in [-0.4, -0.2) is 67.8 Å². The van der Waals surface area contributed by atoms with E-state index in [1.54, 1.807) is 26.4 Å². The van der Waals surface area contributed by atoms with E-state index in [1.807, 2.05) is 53.4 Å². The number of hydrogen-bond donors (Lipinski definition) is 1. The molecule has 29 heavy (non-hydrogen) atoms. The number of aliphatic hydroxyl groups excluding tert-OH is 1. The van der Waals surface area contributed by atoms with Crippen LogP contribution in [0.25, 0.3) is 6.08 Å². The first-order valence-electron chi connectivity index (χ1n) is 9.75. The van der Waals surface area contributed by atoms with Gasteiger partial charge in [-0.15, -0.1) is 0 Å². The quantitative estimate of drug-likeness (QED) is 0.729. The van der Waals surface area contributed by atoms with Crippen LogP contribution in [0.4, 0.5) is 0 Å². The van der Waals surface area contributed by atoms with Gasteiger partial charge in [0.2, 0.25) is 5.91 Å². The zero-order valence-electron chi connectivity index (χ0n) is 17.0. The van der Waals surface area contributed by atoms with E-state index in [0.717, 1.165) is 24.2 Å². The highest BCUT2D eigenvalue weighted by atomic mass is 16.5. The predicted octanol–water partition coefficient (Wildman–Crippen LogP) is 2.59. The van der Waals surface area contributed by atoms with Gasteiger partial charge in [-0.05, 0) is 29.3 Å². The summed E-state index contributed by atoms with van der Waals surface area (Å²) in [6, 6.07) is 15.2. The van der Waals surface area contributed by atoms with Gasteiger partial charge in [0, 0.05) is 38.8 Å². The normalized spacial score (nSPS) is 16.0. The average molecular weight is 396 g/mol. The second-order valence-electron chi connectivity index (χ2n) is 7.00. The van der Waals surface area contributed by atoms with Gasteiger partial charge in [-0.25, -0.2) is 0 Å².